The Kier molecular flexibility index (Phi) is 4.42. The number of rotatable bonds is 4. The van der Waals surface area contributed by atoms with Crippen LogP contribution in [0.3, 0.4) is 0 Å². The van der Waals surface area contributed by atoms with Crippen LogP contribution in [0.25, 0.3) is 0 Å². The van der Waals surface area contributed by atoms with Gasteiger partial charge in [-0.3, -0.25) is 4.79 Å². The van der Waals surface area contributed by atoms with E-state index >= 15 is 0 Å². The molecule has 100 valence electrons. The lowest BCUT2D eigenvalue weighted by molar-refractivity contribution is 0.0692. The van der Waals surface area contributed by atoms with Crippen LogP contribution in [0.2, 0.25) is 0 Å². The Balaban J connectivity index is 2.07. The molecule has 0 aliphatic carbocycles. The van der Waals surface area contributed by atoms with E-state index in [9.17, 15) is 4.79 Å². The van der Waals surface area contributed by atoms with Crippen LogP contribution in [-0.4, -0.2) is 41.6 Å². The van der Waals surface area contributed by atoms with E-state index in [-0.39, 0.29) is 5.91 Å². The quantitative estimate of drug-likeness (QED) is 0.882. The van der Waals surface area contributed by atoms with Crippen molar-refractivity contribution in [3.63, 3.8) is 0 Å². The molecule has 0 aromatic carbocycles. The molecule has 0 bridgehead atoms. The third-order valence-electron chi connectivity index (χ3n) is 3.69. The van der Waals surface area contributed by atoms with Gasteiger partial charge in [0, 0.05) is 25.8 Å². The number of carbonyl (C=O) groups is 1. The number of nitrogens with one attached hydrogen (secondary N) is 1. The third kappa shape index (κ3) is 2.75. The maximum Gasteiger partial charge on any atom is 0.270 e. The first-order chi connectivity index (χ1) is 8.74. The zero-order valence-corrected chi connectivity index (χ0v) is 11.4. The zero-order chi connectivity index (χ0) is 13.0. The normalized spacial score (nSPS) is 16.8. The molecule has 2 rings (SSSR count). The summed E-state index contributed by atoms with van der Waals surface area (Å²) in [6.45, 7) is 5.06. The first-order valence-corrected chi connectivity index (χ1v) is 6.87. The Morgan fingerprint density at radius 1 is 1.50 bits per heavy atom. The Labute approximate surface area is 109 Å². The Morgan fingerprint density at radius 2 is 2.22 bits per heavy atom. The monoisotopic (exact) mass is 249 g/mol. The minimum absolute atomic E-state index is 0.153. The highest BCUT2D eigenvalue weighted by molar-refractivity contribution is 5.92. The van der Waals surface area contributed by atoms with Gasteiger partial charge in [-0.05, 0) is 44.5 Å². The molecule has 2 heterocycles. The van der Waals surface area contributed by atoms with E-state index in [4.69, 9.17) is 0 Å². The largest absolute Gasteiger partial charge is 0.344 e. The van der Waals surface area contributed by atoms with E-state index < -0.39 is 0 Å². The van der Waals surface area contributed by atoms with Crippen molar-refractivity contribution in [2.75, 3.05) is 20.1 Å². The number of carbonyl (C=O) groups excluding carboxylic acids is 1. The van der Waals surface area contributed by atoms with E-state index in [1.807, 2.05) is 30.3 Å². The predicted molar refractivity (Wildman–Crippen MR) is 72.7 cm³/mol. The maximum absolute atomic E-state index is 12.5. The summed E-state index contributed by atoms with van der Waals surface area (Å²) in [4.78, 5) is 14.4. The zero-order valence-electron chi connectivity index (χ0n) is 11.4. The number of hydrogen-bond acceptors (Lipinski definition) is 2. The van der Waals surface area contributed by atoms with Crippen LogP contribution in [0.4, 0.5) is 0 Å². The molecule has 0 saturated carbocycles. The number of hydrogen-bond donors (Lipinski definition) is 1. The van der Waals surface area contributed by atoms with Gasteiger partial charge >= 0.3 is 0 Å². The van der Waals surface area contributed by atoms with Gasteiger partial charge in [0.2, 0.25) is 0 Å². The first kappa shape index (κ1) is 13.1. The molecule has 1 saturated heterocycles. The van der Waals surface area contributed by atoms with E-state index in [2.05, 4.69) is 16.8 Å². The molecular formula is C14H23N3O. The van der Waals surface area contributed by atoms with Crippen LogP contribution >= 0.6 is 0 Å². The average Bonchev–Trinajstić information content (AvgIpc) is 2.87. The van der Waals surface area contributed by atoms with Crippen LogP contribution in [0.15, 0.2) is 18.3 Å². The van der Waals surface area contributed by atoms with Gasteiger partial charge in [-0.2, -0.15) is 0 Å². The highest BCUT2D eigenvalue weighted by atomic mass is 16.2. The standard InChI is InChI=1S/C14H23N3O/c1-3-10-17-11-4-5-13(17)14(18)16(2)12-6-8-15-9-7-12/h4-5,11-12,15H,3,6-10H2,1-2H3. The van der Waals surface area contributed by atoms with Crippen LogP contribution < -0.4 is 5.32 Å². The Hall–Kier alpha value is -1.29. The SMILES string of the molecule is CCCn1cccc1C(=O)N(C)C1CCNCC1. The van der Waals surface area contributed by atoms with Gasteiger partial charge < -0.3 is 14.8 Å². The van der Waals surface area contributed by atoms with Crippen LogP contribution in [0.1, 0.15) is 36.7 Å². The number of piperidine rings is 1. The van der Waals surface area contributed by atoms with E-state index in [0.717, 1.165) is 44.6 Å². The molecule has 4 heteroatoms. The minimum Gasteiger partial charge on any atom is -0.344 e. The topological polar surface area (TPSA) is 37.3 Å². The molecule has 0 atom stereocenters. The number of amides is 1. The van der Waals surface area contributed by atoms with Crippen molar-refractivity contribution in [3.05, 3.63) is 24.0 Å². The van der Waals surface area contributed by atoms with Gasteiger partial charge in [-0.1, -0.05) is 6.92 Å². The summed E-state index contributed by atoms with van der Waals surface area (Å²) < 4.78 is 2.06. The van der Waals surface area contributed by atoms with Gasteiger partial charge in [0.25, 0.3) is 5.91 Å². The molecule has 0 unspecified atom stereocenters. The van der Waals surface area contributed by atoms with Crippen molar-refractivity contribution in [1.29, 1.82) is 0 Å². The van der Waals surface area contributed by atoms with Crippen molar-refractivity contribution in [2.45, 2.75) is 38.8 Å². The van der Waals surface area contributed by atoms with Crippen molar-refractivity contribution >= 4 is 5.91 Å². The van der Waals surface area contributed by atoms with Crippen LogP contribution in [-0.2, 0) is 6.54 Å². The fourth-order valence-electron chi connectivity index (χ4n) is 2.58. The van der Waals surface area contributed by atoms with Crippen molar-refractivity contribution in [2.24, 2.45) is 0 Å². The highest BCUT2D eigenvalue weighted by Gasteiger charge is 2.24. The smallest absolute Gasteiger partial charge is 0.270 e. The van der Waals surface area contributed by atoms with Crippen LogP contribution in [0.5, 0.6) is 0 Å². The first-order valence-electron chi connectivity index (χ1n) is 6.87. The lowest BCUT2D eigenvalue weighted by Gasteiger charge is -2.31. The molecule has 1 aromatic heterocycles. The maximum atomic E-state index is 12.5. The summed E-state index contributed by atoms with van der Waals surface area (Å²) in [5.41, 5.74) is 0.817. The summed E-state index contributed by atoms with van der Waals surface area (Å²) in [6.07, 6.45) is 5.15. The van der Waals surface area contributed by atoms with Gasteiger partial charge in [0.05, 0.1) is 0 Å². The second-order valence-corrected chi connectivity index (χ2v) is 4.98. The van der Waals surface area contributed by atoms with Crippen molar-refractivity contribution < 1.29 is 4.79 Å². The molecule has 1 aliphatic heterocycles. The molecule has 0 spiro atoms. The molecule has 1 aliphatic rings. The Bertz CT molecular complexity index is 393. The van der Waals surface area contributed by atoms with Crippen molar-refractivity contribution in [1.82, 2.24) is 14.8 Å². The van der Waals surface area contributed by atoms with Gasteiger partial charge in [-0.25, -0.2) is 0 Å². The number of aromatic nitrogens is 1. The second-order valence-electron chi connectivity index (χ2n) is 4.98. The fourth-order valence-corrected chi connectivity index (χ4v) is 2.58. The number of nitrogens with zero attached hydrogens (tertiary/aromatic N) is 2. The van der Waals surface area contributed by atoms with E-state index in [0.29, 0.717) is 6.04 Å². The summed E-state index contributed by atoms with van der Waals surface area (Å²) >= 11 is 0. The molecular weight excluding hydrogens is 226 g/mol. The van der Waals surface area contributed by atoms with Gasteiger partial charge in [0.1, 0.15) is 5.69 Å². The predicted octanol–water partition coefficient (Wildman–Crippen LogP) is 1.72. The average molecular weight is 249 g/mol. The summed E-state index contributed by atoms with van der Waals surface area (Å²) in [5, 5.41) is 3.33. The summed E-state index contributed by atoms with van der Waals surface area (Å²) in [6, 6.07) is 4.26. The highest BCUT2D eigenvalue weighted by Crippen LogP contribution is 2.14. The van der Waals surface area contributed by atoms with Crippen LogP contribution in [0, 0.1) is 0 Å². The molecule has 18 heavy (non-hydrogen) atoms. The third-order valence-corrected chi connectivity index (χ3v) is 3.69. The molecule has 1 fully saturated rings. The van der Waals surface area contributed by atoms with E-state index in [1.54, 1.807) is 0 Å². The lowest BCUT2D eigenvalue weighted by atomic mass is 10.1. The molecule has 4 nitrogen and oxygen atoms in total. The Morgan fingerprint density at radius 3 is 2.89 bits per heavy atom. The molecule has 1 N–H and O–H groups in total. The molecule has 1 amide bonds. The molecule has 1 aromatic rings. The number of aryl methyl sites for hydroxylation is 1. The van der Waals surface area contributed by atoms with Gasteiger partial charge in [0.15, 0.2) is 0 Å². The fraction of sp³-hybridized carbons (Fsp3) is 0.643. The van der Waals surface area contributed by atoms with E-state index in [1.165, 1.54) is 0 Å². The van der Waals surface area contributed by atoms with Crippen molar-refractivity contribution in [3.8, 4) is 0 Å². The molecule has 0 radical (unpaired) electrons. The second kappa shape index (κ2) is 6.05. The lowest BCUT2D eigenvalue weighted by Crippen LogP contribution is -2.44. The summed E-state index contributed by atoms with van der Waals surface area (Å²) in [5.74, 6) is 0.153. The van der Waals surface area contributed by atoms with Gasteiger partial charge in [-0.15, -0.1) is 0 Å². The summed E-state index contributed by atoms with van der Waals surface area (Å²) in [7, 11) is 1.93. The minimum atomic E-state index is 0.153.